The standard InChI is InChI=1S/C18H20N2O5S/c1-13-6-4-5-7-16(13)17-12-25-18(2,3)19(17)26(23,24)15-10-8-14(9-11-15)20(21)22/h4-11,17H,12H2,1-3H3. The minimum Gasteiger partial charge on any atom is -0.358 e. The van der Waals surface area contributed by atoms with E-state index in [9.17, 15) is 18.5 Å². The monoisotopic (exact) mass is 376 g/mol. The van der Waals surface area contributed by atoms with Crippen molar-refractivity contribution < 1.29 is 18.1 Å². The van der Waals surface area contributed by atoms with Crippen molar-refractivity contribution in [2.45, 2.75) is 37.4 Å². The summed E-state index contributed by atoms with van der Waals surface area (Å²) in [5, 5.41) is 10.8. The summed E-state index contributed by atoms with van der Waals surface area (Å²) in [6.45, 7) is 5.57. The zero-order valence-electron chi connectivity index (χ0n) is 14.7. The molecule has 0 saturated carbocycles. The molecule has 0 bridgehead atoms. The van der Waals surface area contributed by atoms with Crippen LogP contribution in [-0.2, 0) is 14.8 Å². The summed E-state index contributed by atoms with van der Waals surface area (Å²) in [6, 6.07) is 12.0. The normalized spacial score (nSPS) is 20.2. The number of ether oxygens (including phenoxy) is 1. The maximum absolute atomic E-state index is 13.3. The Bertz CT molecular complexity index is 938. The fourth-order valence-electron chi connectivity index (χ4n) is 3.28. The van der Waals surface area contributed by atoms with Gasteiger partial charge in [-0.05, 0) is 44.0 Å². The van der Waals surface area contributed by atoms with Crippen molar-refractivity contribution in [2.24, 2.45) is 0 Å². The highest BCUT2D eigenvalue weighted by Crippen LogP contribution is 2.42. The van der Waals surface area contributed by atoms with E-state index >= 15 is 0 Å². The molecule has 138 valence electrons. The predicted molar refractivity (Wildman–Crippen MR) is 96.1 cm³/mol. The third kappa shape index (κ3) is 3.11. The second-order valence-electron chi connectivity index (χ2n) is 6.68. The number of benzene rings is 2. The van der Waals surface area contributed by atoms with Gasteiger partial charge in [-0.15, -0.1) is 0 Å². The van der Waals surface area contributed by atoms with Gasteiger partial charge in [0.15, 0.2) is 0 Å². The fraction of sp³-hybridized carbons (Fsp3) is 0.333. The van der Waals surface area contributed by atoms with Gasteiger partial charge in [0.1, 0.15) is 5.72 Å². The van der Waals surface area contributed by atoms with E-state index in [0.717, 1.165) is 11.1 Å². The third-order valence-electron chi connectivity index (χ3n) is 4.56. The van der Waals surface area contributed by atoms with Gasteiger partial charge in [0, 0.05) is 12.1 Å². The molecule has 0 radical (unpaired) electrons. The van der Waals surface area contributed by atoms with Gasteiger partial charge in [-0.1, -0.05) is 24.3 Å². The van der Waals surface area contributed by atoms with Gasteiger partial charge in [-0.3, -0.25) is 10.1 Å². The van der Waals surface area contributed by atoms with Gasteiger partial charge in [0.25, 0.3) is 5.69 Å². The molecule has 0 aliphatic carbocycles. The van der Waals surface area contributed by atoms with Crippen molar-refractivity contribution in [3.63, 3.8) is 0 Å². The van der Waals surface area contributed by atoms with Crippen LogP contribution in [-0.4, -0.2) is 30.0 Å². The highest BCUT2D eigenvalue weighted by Gasteiger charge is 2.49. The highest BCUT2D eigenvalue weighted by atomic mass is 32.2. The smallest absolute Gasteiger partial charge is 0.269 e. The molecule has 1 aliphatic rings. The van der Waals surface area contributed by atoms with E-state index in [0.29, 0.717) is 0 Å². The molecule has 7 nitrogen and oxygen atoms in total. The number of aryl methyl sites for hydroxylation is 1. The Labute approximate surface area is 152 Å². The van der Waals surface area contributed by atoms with Crippen LogP contribution in [0.3, 0.4) is 0 Å². The van der Waals surface area contributed by atoms with E-state index in [2.05, 4.69) is 0 Å². The predicted octanol–water partition coefficient (Wildman–Crippen LogP) is 3.40. The Balaban J connectivity index is 2.07. The molecule has 2 aromatic carbocycles. The number of non-ortho nitro benzene ring substituents is 1. The van der Waals surface area contributed by atoms with Crippen molar-refractivity contribution in [1.29, 1.82) is 0 Å². The largest absolute Gasteiger partial charge is 0.358 e. The number of nitrogens with zero attached hydrogens (tertiary/aromatic N) is 2. The summed E-state index contributed by atoms with van der Waals surface area (Å²) >= 11 is 0. The molecular formula is C18H20N2O5S. The van der Waals surface area contributed by atoms with Crippen LogP contribution in [0.25, 0.3) is 0 Å². The number of sulfonamides is 1. The molecule has 0 spiro atoms. The van der Waals surface area contributed by atoms with E-state index in [1.54, 1.807) is 13.8 Å². The van der Waals surface area contributed by atoms with Crippen LogP contribution in [0.1, 0.15) is 31.0 Å². The first-order valence-corrected chi connectivity index (χ1v) is 9.57. The number of nitro benzene ring substituents is 1. The van der Waals surface area contributed by atoms with Crippen LogP contribution < -0.4 is 0 Å². The molecule has 26 heavy (non-hydrogen) atoms. The summed E-state index contributed by atoms with van der Waals surface area (Å²) in [4.78, 5) is 10.3. The van der Waals surface area contributed by atoms with E-state index in [1.165, 1.54) is 28.6 Å². The summed E-state index contributed by atoms with van der Waals surface area (Å²) in [5.41, 5.74) is 0.663. The fourth-order valence-corrected chi connectivity index (χ4v) is 5.12. The third-order valence-corrected chi connectivity index (χ3v) is 6.64. The van der Waals surface area contributed by atoms with Crippen molar-refractivity contribution >= 4 is 15.7 Å². The molecule has 1 heterocycles. The molecule has 1 fully saturated rings. The van der Waals surface area contributed by atoms with E-state index < -0.39 is 26.7 Å². The number of nitro groups is 1. The van der Waals surface area contributed by atoms with Gasteiger partial charge in [0.2, 0.25) is 10.0 Å². The molecular weight excluding hydrogens is 356 g/mol. The zero-order valence-corrected chi connectivity index (χ0v) is 15.6. The van der Waals surface area contributed by atoms with E-state index in [1.807, 2.05) is 31.2 Å². The van der Waals surface area contributed by atoms with Gasteiger partial charge < -0.3 is 4.74 Å². The van der Waals surface area contributed by atoms with E-state index in [4.69, 9.17) is 4.74 Å². The SMILES string of the molecule is Cc1ccccc1C1COC(C)(C)N1S(=O)(=O)c1ccc([N+](=O)[O-])cc1. The van der Waals surface area contributed by atoms with Crippen molar-refractivity contribution in [1.82, 2.24) is 4.31 Å². The van der Waals surface area contributed by atoms with Crippen molar-refractivity contribution in [3.05, 3.63) is 69.8 Å². The number of hydrogen-bond acceptors (Lipinski definition) is 5. The summed E-state index contributed by atoms with van der Waals surface area (Å²) < 4.78 is 33.7. The number of hydrogen-bond donors (Lipinski definition) is 0. The molecule has 2 aromatic rings. The number of rotatable bonds is 4. The first-order valence-electron chi connectivity index (χ1n) is 8.13. The molecule has 0 N–H and O–H groups in total. The Hall–Kier alpha value is -2.29. The van der Waals surface area contributed by atoms with Crippen LogP contribution in [0.5, 0.6) is 0 Å². The molecule has 1 saturated heterocycles. The molecule has 1 atom stereocenters. The molecule has 3 rings (SSSR count). The second kappa shape index (κ2) is 6.46. The Morgan fingerprint density at radius 2 is 1.77 bits per heavy atom. The van der Waals surface area contributed by atoms with Gasteiger partial charge in [-0.25, -0.2) is 8.42 Å². The average Bonchev–Trinajstić information content (AvgIpc) is 2.91. The lowest BCUT2D eigenvalue weighted by Gasteiger charge is -2.33. The molecule has 0 aromatic heterocycles. The maximum Gasteiger partial charge on any atom is 0.269 e. The van der Waals surface area contributed by atoms with Crippen molar-refractivity contribution in [3.8, 4) is 0 Å². The Morgan fingerprint density at radius 1 is 1.15 bits per heavy atom. The van der Waals surface area contributed by atoms with Crippen molar-refractivity contribution in [2.75, 3.05) is 6.61 Å². The van der Waals surface area contributed by atoms with Crippen LogP contribution >= 0.6 is 0 Å². The van der Waals surface area contributed by atoms with Gasteiger partial charge >= 0.3 is 0 Å². The van der Waals surface area contributed by atoms with Crippen LogP contribution in [0.15, 0.2) is 53.4 Å². The lowest BCUT2D eigenvalue weighted by atomic mass is 10.0. The van der Waals surface area contributed by atoms with E-state index in [-0.39, 0.29) is 17.2 Å². The lowest BCUT2D eigenvalue weighted by molar-refractivity contribution is -0.384. The minimum atomic E-state index is -3.92. The molecule has 1 aliphatic heterocycles. The summed E-state index contributed by atoms with van der Waals surface area (Å²) in [7, 11) is -3.92. The molecule has 8 heteroatoms. The van der Waals surface area contributed by atoms with Gasteiger partial charge in [-0.2, -0.15) is 4.31 Å². The summed E-state index contributed by atoms with van der Waals surface area (Å²) in [5.74, 6) is 0. The lowest BCUT2D eigenvalue weighted by Crippen LogP contribution is -2.44. The second-order valence-corrected chi connectivity index (χ2v) is 8.50. The molecule has 0 amide bonds. The topological polar surface area (TPSA) is 89.8 Å². The first-order chi connectivity index (χ1) is 12.1. The van der Waals surface area contributed by atoms with Crippen LogP contribution in [0.2, 0.25) is 0 Å². The Kier molecular flexibility index (Phi) is 4.60. The average molecular weight is 376 g/mol. The minimum absolute atomic E-state index is 0.000240. The Morgan fingerprint density at radius 3 is 2.35 bits per heavy atom. The molecule has 1 unspecified atom stereocenters. The summed E-state index contributed by atoms with van der Waals surface area (Å²) in [6.07, 6.45) is 0. The van der Waals surface area contributed by atoms with Gasteiger partial charge in [0.05, 0.1) is 22.5 Å². The first kappa shape index (κ1) is 18.5. The zero-order chi connectivity index (χ0) is 19.1. The van der Waals surface area contributed by atoms with Crippen LogP contribution in [0.4, 0.5) is 5.69 Å². The van der Waals surface area contributed by atoms with Crippen LogP contribution in [0, 0.1) is 17.0 Å². The quantitative estimate of drug-likeness (QED) is 0.603. The highest BCUT2D eigenvalue weighted by molar-refractivity contribution is 7.89. The maximum atomic E-state index is 13.3.